The summed E-state index contributed by atoms with van der Waals surface area (Å²) in [5.74, 6) is 1.98. The van der Waals surface area contributed by atoms with Crippen LogP contribution in [0.4, 0.5) is 0 Å². The van der Waals surface area contributed by atoms with Crippen molar-refractivity contribution in [3.05, 3.63) is 23.8 Å². The maximum Gasteiger partial charge on any atom is 0.128 e. The van der Waals surface area contributed by atoms with Crippen molar-refractivity contribution < 1.29 is 14.6 Å². The SMILES string of the molecule is CCCC(C)COc1cc(OC)ccc1[C@H](C)O. The van der Waals surface area contributed by atoms with Gasteiger partial charge >= 0.3 is 0 Å². The molecule has 1 aromatic carbocycles. The van der Waals surface area contributed by atoms with Gasteiger partial charge in [0.1, 0.15) is 11.5 Å². The van der Waals surface area contributed by atoms with Gasteiger partial charge in [0.25, 0.3) is 0 Å². The van der Waals surface area contributed by atoms with Gasteiger partial charge in [0, 0.05) is 11.6 Å². The van der Waals surface area contributed by atoms with E-state index in [1.165, 1.54) is 0 Å². The maximum absolute atomic E-state index is 9.72. The minimum absolute atomic E-state index is 0.517. The molecule has 0 bridgehead atoms. The Morgan fingerprint density at radius 1 is 1.28 bits per heavy atom. The highest BCUT2D eigenvalue weighted by atomic mass is 16.5. The second-order valence-corrected chi connectivity index (χ2v) is 4.78. The monoisotopic (exact) mass is 252 g/mol. The lowest BCUT2D eigenvalue weighted by Crippen LogP contribution is -2.10. The summed E-state index contributed by atoms with van der Waals surface area (Å²) >= 11 is 0. The lowest BCUT2D eigenvalue weighted by atomic mass is 10.1. The fourth-order valence-corrected chi connectivity index (χ4v) is 1.92. The second-order valence-electron chi connectivity index (χ2n) is 4.78. The molecule has 0 aliphatic rings. The molecule has 0 aromatic heterocycles. The zero-order valence-corrected chi connectivity index (χ0v) is 11.8. The molecule has 18 heavy (non-hydrogen) atoms. The van der Waals surface area contributed by atoms with E-state index in [0.29, 0.717) is 18.3 Å². The zero-order chi connectivity index (χ0) is 13.5. The van der Waals surface area contributed by atoms with Crippen LogP contribution in [0.1, 0.15) is 45.3 Å². The van der Waals surface area contributed by atoms with Crippen LogP contribution in [0.3, 0.4) is 0 Å². The predicted octanol–water partition coefficient (Wildman–Crippen LogP) is 3.56. The molecule has 3 nitrogen and oxygen atoms in total. The molecule has 0 amide bonds. The first-order chi connectivity index (χ1) is 8.58. The summed E-state index contributed by atoms with van der Waals surface area (Å²) in [4.78, 5) is 0. The van der Waals surface area contributed by atoms with E-state index in [4.69, 9.17) is 9.47 Å². The molecule has 3 heteroatoms. The smallest absolute Gasteiger partial charge is 0.128 e. The molecule has 1 aromatic rings. The molecule has 0 spiro atoms. The summed E-state index contributed by atoms with van der Waals surface area (Å²) in [6, 6.07) is 5.52. The van der Waals surface area contributed by atoms with Crippen LogP contribution in [0.5, 0.6) is 11.5 Å². The number of ether oxygens (including phenoxy) is 2. The van der Waals surface area contributed by atoms with E-state index >= 15 is 0 Å². The van der Waals surface area contributed by atoms with Crippen LogP contribution in [0, 0.1) is 5.92 Å². The molecular weight excluding hydrogens is 228 g/mol. The third kappa shape index (κ3) is 4.22. The molecule has 1 N–H and O–H groups in total. The van der Waals surface area contributed by atoms with Gasteiger partial charge in [-0.25, -0.2) is 0 Å². The summed E-state index contributed by atoms with van der Waals surface area (Å²) in [7, 11) is 1.63. The minimum Gasteiger partial charge on any atom is -0.497 e. The fraction of sp³-hybridized carbons (Fsp3) is 0.600. The lowest BCUT2D eigenvalue weighted by Gasteiger charge is -2.17. The summed E-state index contributed by atoms with van der Waals surface area (Å²) in [5, 5.41) is 9.72. The van der Waals surface area contributed by atoms with Gasteiger partial charge in [0.15, 0.2) is 0 Å². The van der Waals surface area contributed by atoms with E-state index in [1.54, 1.807) is 14.0 Å². The van der Waals surface area contributed by atoms with Crippen LogP contribution >= 0.6 is 0 Å². The van der Waals surface area contributed by atoms with E-state index in [0.717, 1.165) is 24.2 Å². The molecule has 0 heterocycles. The molecule has 0 saturated heterocycles. The van der Waals surface area contributed by atoms with Crippen molar-refractivity contribution in [2.75, 3.05) is 13.7 Å². The topological polar surface area (TPSA) is 38.7 Å². The second kappa shape index (κ2) is 7.27. The number of hydrogen-bond donors (Lipinski definition) is 1. The number of aliphatic hydroxyl groups is 1. The van der Waals surface area contributed by atoms with Gasteiger partial charge in [-0.05, 0) is 31.4 Å². The molecular formula is C15H24O3. The first-order valence-corrected chi connectivity index (χ1v) is 6.57. The van der Waals surface area contributed by atoms with Crippen LogP contribution in [-0.4, -0.2) is 18.8 Å². The zero-order valence-electron chi connectivity index (χ0n) is 11.8. The summed E-state index contributed by atoms with van der Waals surface area (Å²) in [6.07, 6.45) is 1.77. The van der Waals surface area contributed by atoms with E-state index < -0.39 is 6.10 Å². The number of benzene rings is 1. The molecule has 1 unspecified atom stereocenters. The number of hydrogen-bond acceptors (Lipinski definition) is 3. The largest absolute Gasteiger partial charge is 0.497 e. The first kappa shape index (κ1) is 14.8. The molecule has 1 rings (SSSR count). The van der Waals surface area contributed by atoms with E-state index in [-0.39, 0.29) is 0 Å². The van der Waals surface area contributed by atoms with Gasteiger partial charge in [-0.1, -0.05) is 20.3 Å². The molecule has 0 saturated carbocycles. The van der Waals surface area contributed by atoms with Crippen molar-refractivity contribution in [3.63, 3.8) is 0 Å². The van der Waals surface area contributed by atoms with Crippen LogP contribution in [-0.2, 0) is 0 Å². The normalized spacial score (nSPS) is 14.1. The lowest BCUT2D eigenvalue weighted by molar-refractivity contribution is 0.186. The third-order valence-electron chi connectivity index (χ3n) is 2.98. The molecule has 0 radical (unpaired) electrons. The van der Waals surface area contributed by atoms with Gasteiger partial charge in [0.05, 0.1) is 19.8 Å². The highest BCUT2D eigenvalue weighted by Gasteiger charge is 2.12. The fourth-order valence-electron chi connectivity index (χ4n) is 1.92. The Bertz CT molecular complexity index is 361. The summed E-state index contributed by atoms with van der Waals surface area (Å²) in [5.41, 5.74) is 0.805. The molecule has 2 atom stereocenters. The first-order valence-electron chi connectivity index (χ1n) is 6.57. The molecule has 0 aliphatic heterocycles. The highest BCUT2D eigenvalue weighted by Crippen LogP contribution is 2.30. The summed E-state index contributed by atoms with van der Waals surface area (Å²) in [6.45, 7) is 6.75. The number of rotatable bonds is 7. The Hall–Kier alpha value is -1.22. The minimum atomic E-state index is -0.535. The highest BCUT2D eigenvalue weighted by molar-refractivity contribution is 5.41. The van der Waals surface area contributed by atoms with Crippen LogP contribution in [0.25, 0.3) is 0 Å². The molecule has 102 valence electrons. The van der Waals surface area contributed by atoms with Gasteiger partial charge in [-0.2, -0.15) is 0 Å². The van der Waals surface area contributed by atoms with Crippen molar-refractivity contribution in [2.24, 2.45) is 5.92 Å². The van der Waals surface area contributed by atoms with Crippen LogP contribution in [0.2, 0.25) is 0 Å². The molecule has 0 fully saturated rings. The van der Waals surface area contributed by atoms with E-state index in [2.05, 4.69) is 13.8 Å². The van der Waals surface area contributed by atoms with Crippen LogP contribution in [0.15, 0.2) is 18.2 Å². The van der Waals surface area contributed by atoms with Gasteiger partial charge in [-0.3, -0.25) is 0 Å². The average Bonchev–Trinajstić information content (AvgIpc) is 2.36. The van der Waals surface area contributed by atoms with Gasteiger partial charge in [0.2, 0.25) is 0 Å². The maximum atomic E-state index is 9.72. The van der Waals surface area contributed by atoms with E-state index in [9.17, 15) is 5.11 Å². The molecule has 0 aliphatic carbocycles. The number of methoxy groups -OCH3 is 1. The Morgan fingerprint density at radius 3 is 2.56 bits per heavy atom. The van der Waals surface area contributed by atoms with Gasteiger partial charge < -0.3 is 14.6 Å². The van der Waals surface area contributed by atoms with Crippen LogP contribution < -0.4 is 9.47 Å². The standard InChI is InChI=1S/C15H24O3/c1-5-6-11(2)10-18-15-9-13(17-4)7-8-14(15)12(3)16/h7-9,11-12,16H,5-6,10H2,1-4H3/t11?,12-/m0/s1. The quantitative estimate of drug-likeness (QED) is 0.806. The Morgan fingerprint density at radius 2 is 2.00 bits per heavy atom. The van der Waals surface area contributed by atoms with Crippen molar-refractivity contribution in [3.8, 4) is 11.5 Å². The predicted molar refractivity (Wildman–Crippen MR) is 73.2 cm³/mol. The van der Waals surface area contributed by atoms with Crippen molar-refractivity contribution in [1.82, 2.24) is 0 Å². The summed E-state index contributed by atoms with van der Waals surface area (Å²) < 4.78 is 11.0. The number of aliphatic hydroxyl groups excluding tert-OH is 1. The van der Waals surface area contributed by atoms with Crippen molar-refractivity contribution in [1.29, 1.82) is 0 Å². The van der Waals surface area contributed by atoms with Crippen molar-refractivity contribution >= 4 is 0 Å². The third-order valence-corrected chi connectivity index (χ3v) is 2.98. The Balaban J connectivity index is 2.77. The van der Waals surface area contributed by atoms with Gasteiger partial charge in [-0.15, -0.1) is 0 Å². The Labute approximate surface area is 110 Å². The van der Waals surface area contributed by atoms with Crippen molar-refractivity contribution in [2.45, 2.75) is 39.7 Å². The van der Waals surface area contributed by atoms with E-state index in [1.807, 2.05) is 18.2 Å². The Kier molecular flexibility index (Phi) is 5.99. The average molecular weight is 252 g/mol.